The average molecular weight is 358 g/mol. The summed E-state index contributed by atoms with van der Waals surface area (Å²) in [7, 11) is 0. The Bertz CT molecular complexity index is 713. The number of nitrogens with zero attached hydrogens (tertiary/aromatic N) is 1. The molecule has 0 unspecified atom stereocenters. The smallest absolute Gasteiger partial charge is 0.159 e. The number of anilines is 2. The maximum atomic E-state index is 11.6. The number of para-hydroxylation sites is 2. The molecule has 1 aliphatic rings. The number of hydrogen-bond donors (Lipinski definition) is 0. The number of fused-ring (bicyclic) bond motifs is 2. The minimum atomic E-state index is 0.0500. The number of ketones is 1. The Morgan fingerprint density at radius 2 is 1.68 bits per heavy atom. The van der Waals surface area contributed by atoms with Gasteiger partial charge in [0.2, 0.25) is 0 Å². The van der Waals surface area contributed by atoms with Crippen molar-refractivity contribution in [2.75, 3.05) is 17.3 Å². The molecule has 0 fully saturated rings. The van der Waals surface area contributed by atoms with Crippen molar-refractivity contribution in [3.05, 3.63) is 74.3 Å². The summed E-state index contributed by atoms with van der Waals surface area (Å²) in [5, 5.41) is 0. The molecule has 0 bridgehead atoms. The molecule has 2 aromatic carbocycles. The van der Waals surface area contributed by atoms with Gasteiger partial charge in [0.05, 0.1) is 11.4 Å². The summed E-state index contributed by atoms with van der Waals surface area (Å²) in [6.45, 7) is 14.4. The molecule has 1 heterocycles. The maximum absolute atomic E-state index is 11.6. The fraction of sp³-hybridized carbons (Fsp3) is 0.190. The Morgan fingerprint density at radius 1 is 1.04 bits per heavy atom. The van der Waals surface area contributed by atoms with E-state index < -0.39 is 0 Å². The zero-order chi connectivity index (χ0) is 18.8. The number of hydrogen-bond acceptors (Lipinski definition) is 3. The van der Waals surface area contributed by atoms with Crippen LogP contribution < -0.4 is 9.64 Å². The van der Waals surface area contributed by atoms with Crippen molar-refractivity contribution in [3.63, 3.8) is 0 Å². The number of benzene rings is 2. The van der Waals surface area contributed by atoms with E-state index in [1.54, 1.807) is 13.0 Å². The Labute approximate surface area is 155 Å². The first kappa shape index (κ1) is 20.5. The molecule has 1 aliphatic heterocycles. The van der Waals surface area contributed by atoms with Crippen molar-refractivity contribution in [2.24, 2.45) is 0 Å². The number of rotatable bonds is 4. The number of Topliss-reactive ketones (excluding diaryl/α,β-unsaturated/α-hetero) is 1. The zero-order valence-electron chi connectivity index (χ0n) is 14.6. The Morgan fingerprint density at radius 3 is 2.32 bits per heavy atom. The highest BCUT2D eigenvalue weighted by molar-refractivity contribution is 6.17. The van der Waals surface area contributed by atoms with Crippen LogP contribution in [0.4, 0.5) is 11.4 Å². The third kappa shape index (κ3) is 4.74. The van der Waals surface area contributed by atoms with Crippen LogP contribution in [-0.4, -0.2) is 18.2 Å². The molecule has 0 saturated heterocycles. The summed E-state index contributed by atoms with van der Waals surface area (Å²) >= 11 is 5.84. The minimum Gasteiger partial charge on any atom is -0.453 e. The van der Waals surface area contributed by atoms with Gasteiger partial charge in [0, 0.05) is 18.0 Å². The van der Waals surface area contributed by atoms with Crippen molar-refractivity contribution in [1.29, 1.82) is 0 Å². The lowest BCUT2D eigenvalue weighted by Crippen LogP contribution is -2.23. The van der Waals surface area contributed by atoms with Crippen molar-refractivity contribution >= 4 is 28.8 Å². The van der Waals surface area contributed by atoms with Crippen LogP contribution in [0, 0.1) is 0 Å². The van der Waals surface area contributed by atoms with Gasteiger partial charge in [0.15, 0.2) is 17.3 Å². The van der Waals surface area contributed by atoms with E-state index in [2.05, 4.69) is 31.2 Å². The average Bonchev–Trinajstić information content (AvgIpc) is 2.68. The van der Waals surface area contributed by atoms with Gasteiger partial charge in [-0.15, -0.1) is 37.9 Å². The molecular weight excluding hydrogens is 334 g/mol. The molecule has 132 valence electrons. The standard InChI is InChI=1S/C17H16ClNO2.2C2H4/c1-12(20)13-7-8-17-15(11-13)19(10-4-9-18)14-5-2-3-6-16(14)21-17;2*1-2/h2-3,5-8,11H,4,9-10H2,1H3;2*1-2H2. The lowest BCUT2D eigenvalue weighted by atomic mass is 10.1. The van der Waals surface area contributed by atoms with Crippen LogP contribution in [0.25, 0.3) is 0 Å². The van der Waals surface area contributed by atoms with Gasteiger partial charge >= 0.3 is 0 Å². The van der Waals surface area contributed by atoms with E-state index in [0.29, 0.717) is 11.4 Å². The summed E-state index contributed by atoms with van der Waals surface area (Å²) < 4.78 is 5.94. The predicted octanol–water partition coefficient (Wildman–Crippen LogP) is 6.37. The molecule has 0 aromatic heterocycles. The molecule has 25 heavy (non-hydrogen) atoms. The highest BCUT2D eigenvalue weighted by Gasteiger charge is 2.24. The van der Waals surface area contributed by atoms with Gasteiger partial charge in [-0.2, -0.15) is 0 Å². The normalized spacial score (nSPS) is 10.7. The largest absolute Gasteiger partial charge is 0.453 e. The molecule has 0 aliphatic carbocycles. The van der Waals surface area contributed by atoms with E-state index in [-0.39, 0.29) is 5.78 Å². The SMILES string of the molecule is C=C.C=C.CC(=O)c1ccc2c(c1)N(CCCCl)c1ccccc1O2. The van der Waals surface area contributed by atoms with Crippen LogP contribution in [0.5, 0.6) is 11.5 Å². The molecule has 0 atom stereocenters. The molecule has 0 radical (unpaired) electrons. The third-order valence-electron chi connectivity index (χ3n) is 3.55. The highest BCUT2D eigenvalue weighted by atomic mass is 35.5. The van der Waals surface area contributed by atoms with Gasteiger partial charge in [-0.25, -0.2) is 0 Å². The van der Waals surface area contributed by atoms with Crippen molar-refractivity contribution in [3.8, 4) is 11.5 Å². The van der Waals surface area contributed by atoms with Crippen molar-refractivity contribution < 1.29 is 9.53 Å². The van der Waals surface area contributed by atoms with Crippen LogP contribution in [-0.2, 0) is 0 Å². The third-order valence-corrected chi connectivity index (χ3v) is 3.81. The minimum absolute atomic E-state index is 0.0500. The zero-order valence-corrected chi connectivity index (χ0v) is 15.4. The first-order valence-electron chi connectivity index (χ1n) is 7.96. The topological polar surface area (TPSA) is 29.5 Å². The van der Waals surface area contributed by atoms with Gasteiger partial charge in [-0.3, -0.25) is 4.79 Å². The second-order valence-corrected chi connectivity index (χ2v) is 5.38. The number of ether oxygens (including phenoxy) is 1. The van der Waals surface area contributed by atoms with Gasteiger partial charge in [-0.1, -0.05) is 12.1 Å². The first-order chi connectivity index (χ1) is 12.2. The fourth-order valence-corrected chi connectivity index (χ4v) is 2.63. The predicted molar refractivity (Wildman–Crippen MR) is 108 cm³/mol. The number of carbonyl (C=O) groups is 1. The van der Waals surface area contributed by atoms with E-state index >= 15 is 0 Å². The lowest BCUT2D eigenvalue weighted by Gasteiger charge is -2.33. The Kier molecular flexibility index (Phi) is 8.51. The maximum Gasteiger partial charge on any atom is 0.159 e. The molecule has 0 amide bonds. The molecular formula is C21H24ClNO2. The van der Waals surface area contributed by atoms with Crippen molar-refractivity contribution in [2.45, 2.75) is 13.3 Å². The molecule has 0 spiro atoms. The molecule has 2 aromatic rings. The lowest BCUT2D eigenvalue weighted by molar-refractivity contribution is 0.101. The van der Waals surface area contributed by atoms with Crippen LogP contribution in [0.1, 0.15) is 23.7 Å². The molecule has 4 heteroatoms. The van der Waals surface area contributed by atoms with Crippen LogP contribution >= 0.6 is 11.6 Å². The van der Waals surface area contributed by atoms with Gasteiger partial charge in [0.1, 0.15) is 0 Å². The highest BCUT2D eigenvalue weighted by Crippen LogP contribution is 2.46. The second-order valence-electron chi connectivity index (χ2n) is 5.00. The summed E-state index contributed by atoms with van der Waals surface area (Å²) in [5.41, 5.74) is 2.62. The van der Waals surface area contributed by atoms with Crippen LogP contribution in [0.2, 0.25) is 0 Å². The Hall–Kier alpha value is -2.52. The van der Waals surface area contributed by atoms with Crippen LogP contribution in [0.15, 0.2) is 68.8 Å². The summed E-state index contributed by atoms with van der Waals surface area (Å²) in [5.74, 6) is 2.25. The molecule has 3 nitrogen and oxygen atoms in total. The fourth-order valence-electron chi connectivity index (χ4n) is 2.51. The van der Waals surface area contributed by atoms with Gasteiger partial charge in [-0.05, 0) is 43.7 Å². The number of alkyl halides is 1. The monoisotopic (exact) mass is 357 g/mol. The molecule has 3 rings (SSSR count). The first-order valence-corrected chi connectivity index (χ1v) is 8.49. The van der Waals surface area contributed by atoms with E-state index in [9.17, 15) is 4.79 Å². The summed E-state index contributed by atoms with van der Waals surface area (Å²) in [6.07, 6.45) is 0.861. The van der Waals surface area contributed by atoms with Gasteiger partial charge < -0.3 is 9.64 Å². The molecule has 0 saturated carbocycles. The van der Waals surface area contributed by atoms with Gasteiger partial charge in [0.25, 0.3) is 0 Å². The summed E-state index contributed by atoms with van der Waals surface area (Å²) in [6, 6.07) is 13.5. The van der Waals surface area contributed by atoms with E-state index in [1.807, 2.05) is 36.4 Å². The second kappa shape index (κ2) is 10.4. The van der Waals surface area contributed by atoms with E-state index in [1.165, 1.54) is 0 Å². The number of carbonyl (C=O) groups excluding carboxylic acids is 1. The van der Waals surface area contributed by atoms with E-state index in [0.717, 1.165) is 35.8 Å². The Balaban J connectivity index is 0.000000730. The quantitative estimate of drug-likeness (QED) is 0.362. The molecule has 0 N–H and O–H groups in total. The van der Waals surface area contributed by atoms with E-state index in [4.69, 9.17) is 16.3 Å². The summed E-state index contributed by atoms with van der Waals surface area (Å²) in [4.78, 5) is 13.8. The van der Waals surface area contributed by atoms with Crippen molar-refractivity contribution in [1.82, 2.24) is 0 Å². The van der Waals surface area contributed by atoms with Crippen LogP contribution in [0.3, 0.4) is 0 Å². The number of halogens is 1.